The number of aliphatic hydroxyl groups excluding tert-OH is 1. The molecule has 0 unspecified atom stereocenters. The van der Waals surface area contributed by atoms with Gasteiger partial charge in [-0.05, 0) is 40.3 Å². The fourth-order valence-corrected chi connectivity index (χ4v) is 1.71. The van der Waals surface area contributed by atoms with E-state index in [4.69, 9.17) is 15.4 Å². The number of nitrogens with two attached hydrogens (primary N) is 1. The first-order valence-electron chi connectivity index (χ1n) is 5.12. The van der Waals surface area contributed by atoms with Crippen molar-refractivity contribution in [3.05, 3.63) is 45.1 Å². The molecule has 0 spiro atoms. The Balaban J connectivity index is 2.08. The second-order valence-electron chi connectivity index (χ2n) is 3.64. The standard InChI is InChI=1S/C11H12IN3O2/c12-8-3-1-7(2-4-8)5-10-14-11(17-15-10)9(13)6-16/h1-4,9,16H,5-6,13H2/t9-/m0/s1. The molecule has 5 nitrogen and oxygen atoms in total. The topological polar surface area (TPSA) is 85.2 Å². The minimum atomic E-state index is -0.604. The second-order valence-corrected chi connectivity index (χ2v) is 4.89. The van der Waals surface area contributed by atoms with Crippen molar-refractivity contribution in [2.45, 2.75) is 12.5 Å². The van der Waals surface area contributed by atoms with Gasteiger partial charge in [0.1, 0.15) is 6.04 Å². The van der Waals surface area contributed by atoms with Gasteiger partial charge >= 0.3 is 0 Å². The number of hydrogen-bond acceptors (Lipinski definition) is 5. The molecule has 0 aliphatic rings. The van der Waals surface area contributed by atoms with Crippen LogP contribution in [0.2, 0.25) is 0 Å². The Hall–Kier alpha value is -0.990. The third-order valence-corrected chi connectivity index (χ3v) is 2.99. The number of halogens is 1. The highest BCUT2D eigenvalue weighted by Gasteiger charge is 2.13. The summed E-state index contributed by atoms with van der Waals surface area (Å²) in [5.41, 5.74) is 6.68. The van der Waals surface area contributed by atoms with Crippen molar-refractivity contribution in [1.29, 1.82) is 0 Å². The van der Waals surface area contributed by atoms with Crippen LogP contribution in [-0.2, 0) is 6.42 Å². The third kappa shape index (κ3) is 3.24. The number of aliphatic hydroxyl groups is 1. The summed E-state index contributed by atoms with van der Waals surface area (Å²) in [6, 6.07) is 7.48. The normalized spacial score (nSPS) is 12.6. The van der Waals surface area contributed by atoms with Gasteiger partial charge in [-0.1, -0.05) is 17.3 Å². The molecule has 90 valence electrons. The smallest absolute Gasteiger partial charge is 0.245 e. The molecule has 2 rings (SSSR count). The van der Waals surface area contributed by atoms with Crippen LogP contribution in [0.3, 0.4) is 0 Å². The lowest BCUT2D eigenvalue weighted by Gasteiger charge is -1.99. The molecule has 0 radical (unpaired) electrons. The van der Waals surface area contributed by atoms with E-state index in [1.54, 1.807) is 0 Å². The van der Waals surface area contributed by atoms with Crippen LogP contribution < -0.4 is 5.73 Å². The SMILES string of the molecule is N[C@@H](CO)c1nc(Cc2ccc(I)cc2)no1. The Morgan fingerprint density at radius 1 is 1.35 bits per heavy atom. The molecule has 2 aromatic rings. The molecule has 1 heterocycles. The van der Waals surface area contributed by atoms with E-state index in [0.29, 0.717) is 12.2 Å². The molecule has 6 heteroatoms. The van der Waals surface area contributed by atoms with Crippen molar-refractivity contribution < 1.29 is 9.63 Å². The highest BCUT2D eigenvalue weighted by atomic mass is 127. The minimum Gasteiger partial charge on any atom is -0.394 e. The van der Waals surface area contributed by atoms with Gasteiger partial charge < -0.3 is 15.4 Å². The summed E-state index contributed by atoms with van der Waals surface area (Å²) in [5, 5.41) is 12.7. The first-order valence-corrected chi connectivity index (χ1v) is 6.20. The van der Waals surface area contributed by atoms with Crippen molar-refractivity contribution in [1.82, 2.24) is 10.1 Å². The van der Waals surface area contributed by atoms with Gasteiger partial charge in [-0.2, -0.15) is 4.98 Å². The summed E-state index contributed by atoms with van der Waals surface area (Å²) in [5.74, 6) is 0.845. The van der Waals surface area contributed by atoms with Gasteiger partial charge in [0, 0.05) is 9.99 Å². The predicted molar refractivity (Wildman–Crippen MR) is 70.3 cm³/mol. The van der Waals surface area contributed by atoms with Crippen molar-refractivity contribution in [3.63, 3.8) is 0 Å². The summed E-state index contributed by atoms with van der Waals surface area (Å²) in [7, 11) is 0. The zero-order chi connectivity index (χ0) is 12.3. The van der Waals surface area contributed by atoms with Crippen LogP contribution in [-0.4, -0.2) is 21.9 Å². The number of benzene rings is 1. The van der Waals surface area contributed by atoms with Crippen LogP contribution in [0.15, 0.2) is 28.8 Å². The Kier molecular flexibility index (Phi) is 4.08. The lowest BCUT2D eigenvalue weighted by molar-refractivity contribution is 0.236. The fraction of sp³-hybridized carbons (Fsp3) is 0.273. The van der Waals surface area contributed by atoms with E-state index in [1.807, 2.05) is 24.3 Å². The molecule has 17 heavy (non-hydrogen) atoms. The molecule has 0 bridgehead atoms. The zero-order valence-electron chi connectivity index (χ0n) is 9.01. The van der Waals surface area contributed by atoms with Gasteiger partial charge in [0.15, 0.2) is 5.82 Å². The van der Waals surface area contributed by atoms with Gasteiger partial charge in [-0.15, -0.1) is 0 Å². The maximum absolute atomic E-state index is 8.86. The van der Waals surface area contributed by atoms with E-state index >= 15 is 0 Å². The minimum absolute atomic E-state index is 0.203. The first-order chi connectivity index (χ1) is 8.19. The van der Waals surface area contributed by atoms with Crippen LogP contribution >= 0.6 is 22.6 Å². The molecular weight excluding hydrogens is 333 g/mol. The predicted octanol–water partition coefficient (Wildman–Crippen LogP) is 1.26. The lowest BCUT2D eigenvalue weighted by Crippen LogP contribution is -2.14. The summed E-state index contributed by atoms with van der Waals surface area (Å²) < 4.78 is 6.15. The Morgan fingerprint density at radius 2 is 2.06 bits per heavy atom. The highest BCUT2D eigenvalue weighted by molar-refractivity contribution is 14.1. The van der Waals surface area contributed by atoms with E-state index in [-0.39, 0.29) is 12.5 Å². The summed E-state index contributed by atoms with van der Waals surface area (Å²) >= 11 is 2.25. The van der Waals surface area contributed by atoms with Gasteiger partial charge in [-0.25, -0.2) is 0 Å². The molecule has 0 fully saturated rings. The van der Waals surface area contributed by atoms with Crippen molar-refractivity contribution in [2.75, 3.05) is 6.61 Å². The number of hydrogen-bond donors (Lipinski definition) is 2. The third-order valence-electron chi connectivity index (χ3n) is 2.27. The quantitative estimate of drug-likeness (QED) is 0.815. The van der Waals surface area contributed by atoms with Crippen LogP contribution in [0, 0.1) is 3.57 Å². The lowest BCUT2D eigenvalue weighted by atomic mass is 10.1. The Bertz CT molecular complexity index is 484. The van der Waals surface area contributed by atoms with E-state index in [0.717, 1.165) is 5.56 Å². The summed E-state index contributed by atoms with van der Waals surface area (Å²) in [4.78, 5) is 4.13. The Labute approximate surface area is 112 Å². The van der Waals surface area contributed by atoms with Gasteiger partial charge in [0.05, 0.1) is 6.61 Å². The first kappa shape index (κ1) is 12.5. The van der Waals surface area contributed by atoms with Crippen molar-refractivity contribution in [3.8, 4) is 0 Å². The van der Waals surface area contributed by atoms with Gasteiger partial charge in [-0.3, -0.25) is 0 Å². The monoisotopic (exact) mass is 345 g/mol. The number of nitrogens with zero attached hydrogens (tertiary/aromatic N) is 2. The van der Waals surface area contributed by atoms with Crippen LogP contribution in [0.25, 0.3) is 0 Å². The van der Waals surface area contributed by atoms with Crippen molar-refractivity contribution >= 4 is 22.6 Å². The molecule has 0 aliphatic carbocycles. The van der Waals surface area contributed by atoms with Crippen LogP contribution in [0.5, 0.6) is 0 Å². The largest absolute Gasteiger partial charge is 0.394 e. The molecule has 0 saturated carbocycles. The number of aromatic nitrogens is 2. The summed E-state index contributed by atoms with van der Waals surface area (Å²) in [6.45, 7) is -0.203. The molecule has 0 aliphatic heterocycles. The molecule has 1 aromatic carbocycles. The highest BCUT2D eigenvalue weighted by Crippen LogP contribution is 2.12. The fourth-order valence-electron chi connectivity index (χ4n) is 1.35. The van der Waals surface area contributed by atoms with E-state index in [9.17, 15) is 0 Å². The molecule has 0 saturated heterocycles. The average molecular weight is 345 g/mol. The molecule has 0 amide bonds. The van der Waals surface area contributed by atoms with E-state index < -0.39 is 6.04 Å². The molecule has 1 atom stereocenters. The zero-order valence-corrected chi connectivity index (χ0v) is 11.2. The van der Waals surface area contributed by atoms with E-state index in [1.165, 1.54) is 3.57 Å². The maximum Gasteiger partial charge on any atom is 0.245 e. The average Bonchev–Trinajstić information content (AvgIpc) is 2.80. The Morgan fingerprint density at radius 3 is 2.71 bits per heavy atom. The number of rotatable bonds is 4. The molecule has 1 aromatic heterocycles. The van der Waals surface area contributed by atoms with Gasteiger partial charge in [0.2, 0.25) is 5.89 Å². The maximum atomic E-state index is 8.86. The van der Waals surface area contributed by atoms with E-state index in [2.05, 4.69) is 32.7 Å². The second kappa shape index (κ2) is 5.56. The molecular formula is C11H12IN3O2. The van der Waals surface area contributed by atoms with Crippen molar-refractivity contribution in [2.24, 2.45) is 5.73 Å². The summed E-state index contributed by atoms with van der Waals surface area (Å²) in [6.07, 6.45) is 0.596. The van der Waals surface area contributed by atoms with Crippen LogP contribution in [0.1, 0.15) is 23.3 Å². The van der Waals surface area contributed by atoms with Crippen LogP contribution in [0.4, 0.5) is 0 Å². The van der Waals surface area contributed by atoms with Gasteiger partial charge in [0.25, 0.3) is 0 Å². The molecule has 3 N–H and O–H groups in total.